The third kappa shape index (κ3) is 2.24. The molecule has 5 nitrogen and oxygen atoms in total. The number of aromatic carboxylic acids is 1. The van der Waals surface area contributed by atoms with E-state index < -0.39 is 17.7 Å². The zero-order valence-corrected chi connectivity index (χ0v) is 10.9. The minimum absolute atomic E-state index is 0.0415. The van der Waals surface area contributed by atoms with Gasteiger partial charge in [0.15, 0.2) is 5.82 Å². The molecule has 1 aliphatic rings. The largest absolute Gasteiger partial charge is 0.478 e. The van der Waals surface area contributed by atoms with Crippen LogP contribution in [0.4, 0.5) is 10.1 Å². The Bertz CT molecular complexity index is 745. The highest BCUT2D eigenvalue weighted by atomic mass is 19.1. The maximum Gasteiger partial charge on any atom is 0.335 e. The molecule has 0 fully saturated rings. The second-order valence-corrected chi connectivity index (χ2v) is 4.71. The summed E-state index contributed by atoms with van der Waals surface area (Å²) in [5, 5.41) is 8.97. The molecular formula is C15H11FN2O3. The third-order valence-corrected chi connectivity index (χ3v) is 3.47. The van der Waals surface area contributed by atoms with Gasteiger partial charge in [0.2, 0.25) is 0 Å². The summed E-state index contributed by atoms with van der Waals surface area (Å²) in [7, 11) is 0. The SMILES string of the molecule is O=C(O)c1ccc2c(c1)CCN2C(=O)c1ccncc1F. The number of carboxylic acid groups (broad SMARTS) is 1. The van der Waals surface area contributed by atoms with E-state index in [0.717, 1.165) is 11.8 Å². The first-order valence-electron chi connectivity index (χ1n) is 6.35. The van der Waals surface area contributed by atoms with E-state index in [4.69, 9.17) is 5.11 Å². The van der Waals surface area contributed by atoms with Gasteiger partial charge in [-0.05, 0) is 36.2 Å². The van der Waals surface area contributed by atoms with Crippen LogP contribution in [0.15, 0.2) is 36.7 Å². The van der Waals surface area contributed by atoms with Crippen molar-refractivity contribution in [2.24, 2.45) is 0 Å². The molecule has 0 bridgehead atoms. The number of aromatic nitrogens is 1. The van der Waals surface area contributed by atoms with Gasteiger partial charge in [-0.3, -0.25) is 9.78 Å². The highest BCUT2D eigenvalue weighted by Crippen LogP contribution is 2.30. The van der Waals surface area contributed by atoms with Crippen LogP contribution in [-0.2, 0) is 6.42 Å². The maximum absolute atomic E-state index is 13.7. The van der Waals surface area contributed by atoms with Crippen molar-refractivity contribution in [2.75, 3.05) is 11.4 Å². The van der Waals surface area contributed by atoms with Gasteiger partial charge in [-0.1, -0.05) is 0 Å². The summed E-state index contributed by atoms with van der Waals surface area (Å²) in [6.45, 7) is 0.402. The Morgan fingerprint density at radius 1 is 1.29 bits per heavy atom. The minimum Gasteiger partial charge on any atom is -0.478 e. The maximum atomic E-state index is 13.7. The van der Waals surface area contributed by atoms with Crippen LogP contribution in [0.5, 0.6) is 0 Å². The minimum atomic E-state index is -1.01. The third-order valence-electron chi connectivity index (χ3n) is 3.47. The quantitative estimate of drug-likeness (QED) is 0.918. The summed E-state index contributed by atoms with van der Waals surface area (Å²) in [6, 6.07) is 5.91. The number of hydrogen-bond donors (Lipinski definition) is 1. The number of fused-ring (bicyclic) bond motifs is 1. The van der Waals surface area contributed by atoms with Gasteiger partial charge >= 0.3 is 5.97 Å². The number of hydrogen-bond acceptors (Lipinski definition) is 3. The molecule has 3 rings (SSSR count). The summed E-state index contributed by atoms with van der Waals surface area (Å²) in [5.41, 5.74) is 1.54. The molecule has 2 heterocycles. The van der Waals surface area contributed by atoms with Crippen LogP contribution in [0.2, 0.25) is 0 Å². The summed E-state index contributed by atoms with van der Waals surface area (Å²) in [4.78, 5) is 28.4. The number of anilines is 1. The molecule has 0 spiro atoms. The Kier molecular flexibility index (Phi) is 3.13. The molecule has 106 valence electrons. The van der Waals surface area contributed by atoms with Crippen LogP contribution in [0.3, 0.4) is 0 Å². The Morgan fingerprint density at radius 3 is 2.81 bits per heavy atom. The number of halogens is 1. The van der Waals surface area contributed by atoms with Crippen molar-refractivity contribution in [2.45, 2.75) is 6.42 Å². The number of nitrogens with zero attached hydrogens (tertiary/aromatic N) is 2. The van der Waals surface area contributed by atoms with Crippen LogP contribution >= 0.6 is 0 Å². The molecule has 1 N–H and O–H groups in total. The molecule has 0 saturated carbocycles. The van der Waals surface area contributed by atoms with Crippen LogP contribution < -0.4 is 4.90 Å². The van der Waals surface area contributed by atoms with Crippen molar-refractivity contribution < 1.29 is 19.1 Å². The summed E-state index contributed by atoms with van der Waals surface area (Å²) in [6.07, 6.45) is 2.91. The van der Waals surface area contributed by atoms with E-state index >= 15 is 0 Å². The summed E-state index contributed by atoms with van der Waals surface area (Å²) in [5.74, 6) is -2.13. The van der Waals surface area contributed by atoms with Crippen LogP contribution in [0, 0.1) is 5.82 Å². The Morgan fingerprint density at radius 2 is 2.10 bits per heavy atom. The molecule has 2 aromatic rings. The van der Waals surface area contributed by atoms with Crippen molar-refractivity contribution in [1.82, 2.24) is 4.98 Å². The van der Waals surface area contributed by atoms with Gasteiger partial charge in [-0.25, -0.2) is 9.18 Å². The topological polar surface area (TPSA) is 70.5 Å². The van der Waals surface area contributed by atoms with E-state index in [0.29, 0.717) is 18.7 Å². The molecule has 1 aromatic heterocycles. The summed E-state index contributed by atoms with van der Waals surface area (Å²) < 4.78 is 13.7. The molecule has 0 unspecified atom stereocenters. The molecule has 0 saturated heterocycles. The predicted molar refractivity (Wildman–Crippen MR) is 73.0 cm³/mol. The first-order chi connectivity index (χ1) is 10.1. The Hall–Kier alpha value is -2.76. The molecular weight excluding hydrogens is 275 g/mol. The number of rotatable bonds is 2. The average Bonchev–Trinajstić information content (AvgIpc) is 2.90. The fourth-order valence-corrected chi connectivity index (χ4v) is 2.44. The monoisotopic (exact) mass is 286 g/mol. The van der Waals surface area contributed by atoms with Gasteiger partial charge in [0.25, 0.3) is 5.91 Å². The lowest BCUT2D eigenvalue weighted by atomic mass is 10.1. The van der Waals surface area contributed by atoms with Crippen molar-refractivity contribution in [3.05, 3.63) is 59.2 Å². The molecule has 0 radical (unpaired) electrons. The van der Waals surface area contributed by atoms with Gasteiger partial charge in [0.05, 0.1) is 17.3 Å². The molecule has 1 aliphatic heterocycles. The molecule has 1 aromatic carbocycles. The Balaban J connectivity index is 1.96. The molecule has 0 aliphatic carbocycles. The van der Waals surface area contributed by atoms with Crippen LogP contribution in [-0.4, -0.2) is 28.5 Å². The van der Waals surface area contributed by atoms with Gasteiger partial charge in [-0.2, -0.15) is 0 Å². The van der Waals surface area contributed by atoms with Gasteiger partial charge < -0.3 is 10.0 Å². The van der Waals surface area contributed by atoms with Crippen molar-refractivity contribution in [3.8, 4) is 0 Å². The zero-order valence-electron chi connectivity index (χ0n) is 10.9. The molecule has 6 heteroatoms. The van der Waals surface area contributed by atoms with Crippen LogP contribution in [0.25, 0.3) is 0 Å². The number of carbonyl (C=O) groups is 2. The van der Waals surface area contributed by atoms with Gasteiger partial charge in [0.1, 0.15) is 0 Å². The average molecular weight is 286 g/mol. The van der Waals surface area contributed by atoms with E-state index in [-0.39, 0.29) is 11.1 Å². The first kappa shape index (κ1) is 13.2. The number of carbonyl (C=O) groups excluding carboxylic acids is 1. The number of pyridine rings is 1. The number of benzene rings is 1. The smallest absolute Gasteiger partial charge is 0.335 e. The second kappa shape index (κ2) is 4.97. The Labute approximate surface area is 119 Å². The lowest BCUT2D eigenvalue weighted by molar-refractivity contribution is 0.0696. The fourth-order valence-electron chi connectivity index (χ4n) is 2.44. The van der Waals surface area contributed by atoms with Gasteiger partial charge in [0, 0.05) is 18.4 Å². The van der Waals surface area contributed by atoms with E-state index in [2.05, 4.69) is 4.98 Å². The standard InChI is InChI=1S/C15H11FN2O3/c16-12-8-17-5-3-11(12)14(19)18-6-4-9-7-10(15(20)21)1-2-13(9)18/h1-3,5,7-8H,4,6H2,(H,20,21). The molecule has 0 atom stereocenters. The van der Waals surface area contributed by atoms with Gasteiger partial charge in [-0.15, -0.1) is 0 Å². The zero-order chi connectivity index (χ0) is 15.0. The van der Waals surface area contributed by atoms with E-state index in [1.807, 2.05) is 0 Å². The predicted octanol–water partition coefficient (Wildman–Crippen LogP) is 2.12. The molecule has 1 amide bonds. The van der Waals surface area contributed by atoms with Crippen molar-refractivity contribution in [3.63, 3.8) is 0 Å². The normalized spacial score (nSPS) is 13.1. The number of amides is 1. The van der Waals surface area contributed by atoms with Crippen molar-refractivity contribution in [1.29, 1.82) is 0 Å². The fraction of sp³-hybridized carbons (Fsp3) is 0.133. The first-order valence-corrected chi connectivity index (χ1v) is 6.35. The second-order valence-electron chi connectivity index (χ2n) is 4.71. The highest BCUT2D eigenvalue weighted by Gasteiger charge is 2.27. The molecule has 21 heavy (non-hydrogen) atoms. The lowest BCUT2D eigenvalue weighted by Gasteiger charge is -2.17. The number of carboxylic acids is 1. The van der Waals surface area contributed by atoms with E-state index in [1.54, 1.807) is 12.1 Å². The van der Waals surface area contributed by atoms with E-state index in [9.17, 15) is 14.0 Å². The lowest BCUT2D eigenvalue weighted by Crippen LogP contribution is -2.29. The van der Waals surface area contributed by atoms with Crippen molar-refractivity contribution >= 4 is 17.6 Å². The summed E-state index contributed by atoms with van der Waals surface area (Å²) >= 11 is 0. The highest BCUT2D eigenvalue weighted by molar-refractivity contribution is 6.07. The van der Waals surface area contributed by atoms with Crippen LogP contribution in [0.1, 0.15) is 26.3 Å². The van der Waals surface area contributed by atoms with E-state index in [1.165, 1.54) is 23.2 Å².